The molecule has 2 aromatic heterocycles. The number of aromatic amines is 1. The van der Waals surface area contributed by atoms with Crippen molar-refractivity contribution >= 4 is 47.3 Å². The van der Waals surface area contributed by atoms with Gasteiger partial charge in [-0.15, -0.1) is 11.3 Å². The Morgan fingerprint density at radius 3 is 2.25 bits per heavy atom. The molecule has 1 N–H and O–H groups in total. The van der Waals surface area contributed by atoms with Crippen molar-refractivity contribution in [2.75, 3.05) is 26.2 Å². The van der Waals surface area contributed by atoms with E-state index in [1.165, 1.54) is 21.1 Å². The summed E-state index contributed by atoms with van der Waals surface area (Å²) >= 11 is 4.40. The van der Waals surface area contributed by atoms with Crippen molar-refractivity contribution in [2.45, 2.75) is 15.7 Å². The van der Waals surface area contributed by atoms with Crippen molar-refractivity contribution in [3.63, 3.8) is 0 Å². The molecule has 0 aromatic carbocycles. The van der Waals surface area contributed by atoms with E-state index in [4.69, 9.17) is 0 Å². The van der Waals surface area contributed by atoms with Gasteiger partial charge < -0.3 is 4.98 Å². The molecule has 0 saturated carbocycles. The average Bonchev–Trinajstić information content (AvgIpc) is 3.14. The smallest absolute Gasteiger partial charge is 0.260 e. The van der Waals surface area contributed by atoms with Crippen LogP contribution in [0.4, 0.5) is 0 Å². The van der Waals surface area contributed by atoms with E-state index in [0.29, 0.717) is 6.42 Å². The first-order valence-corrected chi connectivity index (χ1v) is 11.5. The number of halogens is 1. The third-order valence-corrected chi connectivity index (χ3v) is 9.46. The molecule has 2 aromatic rings. The fourth-order valence-electron chi connectivity index (χ4n) is 2.44. The van der Waals surface area contributed by atoms with Gasteiger partial charge in [-0.05, 0) is 34.5 Å². The van der Waals surface area contributed by atoms with Crippen molar-refractivity contribution in [1.82, 2.24) is 18.6 Å². The SMILES string of the molecule is O=S(=O)(c1cnc[nH]1)N1CCCN(S(=O)(=O)c2ccc(Br)s2)CC1. The molecule has 0 atom stereocenters. The van der Waals surface area contributed by atoms with E-state index in [-0.39, 0.29) is 35.4 Å². The summed E-state index contributed by atoms with van der Waals surface area (Å²) in [6, 6.07) is 3.23. The highest BCUT2D eigenvalue weighted by Crippen LogP contribution is 2.29. The molecule has 8 nitrogen and oxygen atoms in total. The quantitative estimate of drug-likeness (QED) is 0.749. The number of thiophene rings is 1. The van der Waals surface area contributed by atoms with Gasteiger partial charge in [-0.2, -0.15) is 8.61 Å². The van der Waals surface area contributed by atoms with Crippen LogP contribution in [0.2, 0.25) is 0 Å². The van der Waals surface area contributed by atoms with Gasteiger partial charge in [0.05, 0.1) is 16.3 Å². The third-order valence-electron chi connectivity index (χ3n) is 3.65. The van der Waals surface area contributed by atoms with Crippen LogP contribution in [-0.2, 0) is 20.0 Å². The largest absolute Gasteiger partial charge is 0.335 e. The van der Waals surface area contributed by atoms with Crippen molar-refractivity contribution in [3.8, 4) is 0 Å². The molecule has 0 aliphatic carbocycles. The number of hydrogen-bond donors (Lipinski definition) is 1. The third kappa shape index (κ3) is 3.44. The summed E-state index contributed by atoms with van der Waals surface area (Å²) in [7, 11) is -7.29. The first-order chi connectivity index (χ1) is 11.3. The Hall–Kier alpha value is -0.790. The maximum Gasteiger partial charge on any atom is 0.260 e. The summed E-state index contributed by atoms with van der Waals surface area (Å²) < 4.78 is 54.0. The van der Waals surface area contributed by atoms with Crippen LogP contribution in [0.3, 0.4) is 0 Å². The minimum absolute atomic E-state index is 0.0148. The summed E-state index contributed by atoms with van der Waals surface area (Å²) in [6.07, 6.45) is 2.98. The summed E-state index contributed by atoms with van der Waals surface area (Å²) in [5.41, 5.74) is 0. The summed E-state index contributed by atoms with van der Waals surface area (Å²) in [4.78, 5) is 6.32. The molecule has 0 unspecified atom stereocenters. The zero-order valence-electron chi connectivity index (χ0n) is 12.4. The highest BCUT2D eigenvalue weighted by molar-refractivity contribution is 9.11. The first-order valence-electron chi connectivity index (χ1n) is 7.06. The molecule has 3 heterocycles. The van der Waals surface area contributed by atoms with E-state index >= 15 is 0 Å². The van der Waals surface area contributed by atoms with Crippen LogP contribution in [0.5, 0.6) is 0 Å². The normalized spacial score (nSPS) is 18.5. The van der Waals surface area contributed by atoms with Crippen LogP contribution in [0, 0.1) is 0 Å². The number of rotatable bonds is 4. The van der Waals surface area contributed by atoms with Crippen LogP contribution in [0.1, 0.15) is 6.42 Å². The first kappa shape index (κ1) is 18.0. The molecule has 12 heteroatoms. The molecule has 24 heavy (non-hydrogen) atoms. The fraction of sp³-hybridized carbons (Fsp3) is 0.417. The van der Waals surface area contributed by atoms with E-state index in [9.17, 15) is 16.8 Å². The molecule has 0 spiro atoms. The molecule has 1 saturated heterocycles. The van der Waals surface area contributed by atoms with E-state index < -0.39 is 20.0 Å². The Labute approximate surface area is 152 Å². The molecule has 0 amide bonds. The van der Waals surface area contributed by atoms with Crippen LogP contribution >= 0.6 is 27.3 Å². The van der Waals surface area contributed by atoms with Gasteiger partial charge in [0.15, 0.2) is 5.03 Å². The Bertz CT molecular complexity index is 908. The minimum Gasteiger partial charge on any atom is -0.335 e. The Morgan fingerprint density at radius 1 is 1.04 bits per heavy atom. The van der Waals surface area contributed by atoms with E-state index in [2.05, 4.69) is 25.9 Å². The number of aromatic nitrogens is 2. The van der Waals surface area contributed by atoms with E-state index in [1.54, 1.807) is 12.1 Å². The van der Waals surface area contributed by atoms with Crippen molar-refractivity contribution in [2.24, 2.45) is 0 Å². The van der Waals surface area contributed by atoms with Gasteiger partial charge in [-0.3, -0.25) is 0 Å². The van der Waals surface area contributed by atoms with Gasteiger partial charge in [0.25, 0.3) is 20.0 Å². The number of H-pyrrole nitrogens is 1. The molecular formula is C12H15BrN4O4S3. The maximum atomic E-state index is 12.7. The molecule has 3 rings (SSSR count). The molecule has 1 aliphatic heterocycles. The highest BCUT2D eigenvalue weighted by atomic mass is 79.9. The Kier molecular flexibility index (Phi) is 5.14. The van der Waals surface area contributed by atoms with Gasteiger partial charge in [-0.25, -0.2) is 21.8 Å². The van der Waals surface area contributed by atoms with Gasteiger partial charge in [0, 0.05) is 26.2 Å². The minimum atomic E-state index is -3.68. The lowest BCUT2D eigenvalue weighted by Gasteiger charge is -2.20. The Morgan fingerprint density at radius 2 is 1.71 bits per heavy atom. The lowest BCUT2D eigenvalue weighted by atomic mass is 10.4. The second kappa shape index (κ2) is 6.84. The van der Waals surface area contributed by atoms with Crippen molar-refractivity contribution < 1.29 is 16.8 Å². The molecule has 0 radical (unpaired) electrons. The predicted molar refractivity (Wildman–Crippen MR) is 92.7 cm³/mol. The van der Waals surface area contributed by atoms with Gasteiger partial charge >= 0.3 is 0 Å². The van der Waals surface area contributed by atoms with Gasteiger partial charge in [-0.1, -0.05) is 0 Å². The summed E-state index contributed by atoms with van der Waals surface area (Å²) in [5.74, 6) is 0. The number of imidazole rings is 1. The standard InChI is InChI=1S/C12H15BrN4O4S3/c13-10-2-3-12(22-10)24(20,21)17-5-1-4-16(6-7-17)23(18,19)11-8-14-9-15-11/h2-3,8-9H,1,4-7H2,(H,14,15). The highest BCUT2D eigenvalue weighted by Gasteiger charge is 2.32. The second-order valence-corrected chi connectivity index (χ2v) is 11.7. The van der Waals surface area contributed by atoms with E-state index in [0.717, 1.165) is 15.1 Å². The van der Waals surface area contributed by atoms with Crippen LogP contribution in [-0.4, -0.2) is 61.6 Å². The summed E-state index contributed by atoms with van der Waals surface area (Å²) in [5, 5.41) is 0.0148. The van der Waals surface area contributed by atoms with Crippen LogP contribution < -0.4 is 0 Å². The monoisotopic (exact) mass is 454 g/mol. The van der Waals surface area contributed by atoms with Gasteiger partial charge in [0.2, 0.25) is 0 Å². The molecule has 1 aliphatic rings. The lowest BCUT2D eigenvalue weighted by molar-refractivity contribution is 0.404. The predicted octanol–water partition coefficient (Wildman–Crippen LogP) is 1.32. The zero-order valence-corrected chi connectivity index (χ0v) is 16.5. The van der Waals surface area contributed by atoms with E-state index in [1.807, 2.05) is 0 Å². The molecule has 1 fully saturated rings. The number of hydrogen-bond acceptors (Lipinski definition) is 6. The molecule has 0 bridgehead atoms. The molecule has 132 valence electrons. The van der Waals surface area contributed by atoms with Crippen molar-refractivity contribution in [1.29, 1.82) is 0 Å². The number of sulfonamides is 2. The lowest BCUT2D eigenvalue weighted by Crippen LogP contribution is -2.37. The molecular weight excluding hydrogens is 440 g/mol. The topological polar surface area (TPSA) is 103 Å². The number of nitrogens with zero attached hydrogens (tertiary/aromatic N) is 3. The summed E-state index contributed by atoms with van der Waals surface area (Å²) in [6.45, 7) is 0.771. The zero-order chi connectivity index (χ0) is 17.4. The van der Waals surface area contributed by atoms with Crippen LogP contribution in [0.25, 0.3) is 0 Å². The Balaban J connectivity index is 1.78. The second-order valence-electron chi connectivity index (χ2n) is 5.14. The maximum absolute atomic E-state index is 12.7. The fourth-order valence-corrected chi connectivity index (χ4v) is 7.44. The average molecular weight is 455 g/mol. The number of nitrogens with one attached hydrogen (secondary N) is 1. The van der Waals surface area contributed by atoms with Crippen LogP contribution in [0.15, 0.2) is 37.7 Å². The van der Waals surface area contributed by atoms with Gasteiger partial charge in [0.1, 0.15) is 4.21 Å². The van der Waals surface area contributed by atoms with Crippen molar-refractivity contribution in [3.05, 3.63) is 28.4 Å².